The number of aromatic nitrogens is 3. The fourth-order valence-corrected chi connectivity index (χ4v) is 3.13. The van der Waals surface area contributed by atoms with Crippen LogP contribution in [0.2, 0.25) is 0 Å². The van der Waals surface area contributed by atoms with Crippen molar-refractivity contribution >= 4 is 5.52 Å². The van der Waals surface area contributed by atoms with Gasteiger partial charge in [-0.15, -0.1) is 0 Å². The smallest absolute Gasteiger partial charge is 0.276 e. The van der Waals surface area contributed by atoms with Crippen molar-refractivity contribution in [3.8, 4) is 0 Å². The van der Waals surface area contributed by atoms with E-state index in [-0.39, 0.29) is 5.56 Å². The standard InChI is InChI=1S/C15H22N4O/c1-12-4-2-3-5-13(12)16-8-9-18-10-11-19-14(15(18)20)6-7-17-19/h6-7,10-13,16H,2-5,8-9H2,1H3. The first-order chi connectivity index (χ1) is 9.75. The minimum absolute atomic E-state index is 0.0310. The molecule has 1 saturated carbocycles. The summed E-state index contributed by atoms with van der Waals surface area (Å²) < 4.78 is 3.38. The Kier molecular flexibility index (Phi) is 3.87. The molecule has 2 atom stereocenters. The van der Waals surface area contributed by atoms with Gasteiger partial charge in [-0.25, -0.2) is 4.52 Å². The Bertz CT molecular complexity index is 630. The zero-order chi connectivity index (χ0) is 13.9. The first kappa shape index (κ1) is 13.4. The lowest BCUT2D eigenvalue weighted by Gasteiger charge is -2.29. The number of nitrogens with zero attached hydrogens (tertiary/aromatic N) is 3. The highest BCUT2D eigenvalue weighted by Crippen LogP contribution is 2.23. The first-order valence-electron chi connectivity index (χ1n) is 7.52. The molecule has 0 radical (unpaired) electrons. The van der Waals surface area contributed by atoms with Crippen LogP contribution in [0.4, 0.5) is 0 Å². The van der Waals surface area contributed by atoms with Gasteiger partial charge < -0.3 is 9.88 Å². The molecule has 1 aliphatic rings. The average Bonchev–Trinajstić information content (AvgIpc) is 2.93. The van der Waals surface area contributed by atoms with Gasteiger partial charge in [0.15, 0.2) is 0 Å². The molecule has 1 N–H and O–H groups in total. The molecule has 20 heavy (non-hydrogen) atoms. The van der Waals surface area contributed by atoms with Crippen LogP contribution in [0.3, 0.4) is 0 Å². The van der Waals surface area contributed by atoms with E-state index in [2.05, 4.69) is 17.3 Å². The van der Waals surface area contributed by atoms with Gasteiger partial charge in [-0.05, 0) is 24.8 Å². The van der Waals surface area contributed by atoms with E-state index in [0.29, 0.717) is 18.1 Å². The van der Waals surface area contributed by atoms with Crippen molar-refractivity contribution < 1.29 is 0 Å². The maximum atomic E-state index is 12.2. The molecule has 0 aromatic carbocycles. The number of hydrogen-bond donors (Lipinski definition) is 1. The van der Waals surface area contributed by atoms with Crippen molar-refractivity contribution in [2.45, 2.75) is 45.2 Å². The molecule has 2 unspecified atom stereocenters. The Morgan fingerprint density at radius 1 is 1.35 bits per heavy atom. The highest BCUT2D eigenvalue weighted by Gasteiger charge is 2.20. The maximum absolute atomic E-state index is 12.2. The summed E-state index contributed by atoms with van der Waals surface area (Å²) in [6.45, 7) is 3.88. The van der Waals surface area contributed by atoms with E-state index >= 15 is 0 Å². The summed E-state index contributed by atoms with van der Waals surface area (Å²) in [4.78, 5) is 12.2. The van der Waals surface area contributed by atoms with Gasteiger partial charge in [-0.2, -0.15) is 5.10 Å². The summed E-state index contributed by atoms with van der Waals surface area (Å²) in [5.74, 6) is 0.748. The predicted molar refractivity (Wildman–Crippen MR) is 78.9 cm³/mol. The van der Waals surface area contributed by atoms with Gasteiger partial charge in [0.2, 0.25) is 0 Å². The number of rotatable bonds is 4. The minimum atomic E-state index is 0.0310. The molecule has 2 aromatic heterocycles. The van der Waals surface area contributed by atoms with Crippen LogP contribution in [0.25, 0.3) is 5.52 Å². The molecule has 0 saturated heterocycles. The number of hydrogen-bond acceptors (Lipinski definition) is 3. The third kappa shape index (κ3) is 2.63. The molecule has 2 heterocycles. The van der Waals surface area contributed by atoms with E-state index in [1.807, 2.05) is 12.4 Å². The van der Waals surface area contributed by atoms with Crippen LogP contribution in [0, 0.1) is 5.92 Å². The second kappa shape index (κ2) is 5.79. The van der Waals surface area contributed by atoms with Crippen molar-refractivity contribution in [2.24, 2.45) is 5.92 Å². The molecule has 2 aromatic rings. The largest absolute Gasteiger partial charge is 0.312 e. The van der Waals surface area contributed by atoms with Crippen LogP contribution in [0.15, 0.2) is 29.5 Å². The van der Waals surface area contributed by atoms with Gasteiger partial charge in [0, 0.05) is 31.5 Å². The number of fused-ring (bicyclic) bond motifs is 1. The zero-order valence-corrected chi connectivity index (χ0v) is 12.0. The van der Waals surface area contributed by atoms with Gasteiger partial charge in [0.1, 0.15) is 5.52 Å². The van der Waals surface area contributed by atoms with Crippen molar-refractivity contribution in [2.75, 3.05) is 6.54 Å². The van der Waals surface area contributed by atoms with E-state index < -0.39 is 0 Å². The van der Waals surface area contributed by atoms with Crippen LogP contribution >= 0.6 is 0 Å². The van der Waals surface area contributed by atoms with Crippen molar-refractivity contribution in [1.82, 2.24) is 19.5 Å². The quantitative estimate of drug-likeness (QED) is 0.922. The second-order valence-electron chi connectivity index (χ2n) is 5.78. The van der Waals surface area contributed by atoms with Crippen LogP contribution < -0.4 is 10.9 Å². The Labute approximate surface area is 118 Å². The molecule has 5 heteroatoms. The minimum Gasteiger partial charge on any atom is -0.312 e. The van der Waals surface area contributed by atoms with E-state index in [1.165, 1.54) is 25.7 Å². The molecule has 1 fully saturated rings. The highest BCUT2D eigenvalue weighted by molar-refractivity contribution is 5.42. The Morgan fingerprint density at radius 2 is 2.20 bits per heavy atom. The van der Waals surface area contributed by atoms with E-state index in [9.17, 15) is 4.79 Å². The van der Waals surface area contributed by atoms with Crippen LogP contribution in [0.1, 0.15) is 32.6 Å². The van der Waals surface area contributed by atoms with Crippen molar-refractivity contribution in [3.05, 3.63) is 35.0 Å². The van der Waals surface area contributed by atoms with E-state index in [4.69, 9.17) is 0 Å². The van der Waals surface area contributed by atoms with Crippen LogP contribution in [0.5, 0.6) is 0 Å². The average molecular weight is 274 g/mol. The molecular formula is C15H22N4O. The predicted octanol–water partition coefficient (Wildman–Crippen LogP) is 1.66. The lowest BCUT2D eigenvalue weighted by Crippen LogP contribution is -2.39. The van der Waals surface area contributed by atoms with Gasteiger partial charge in [-0.1, -0.05) is 19.8 Å². The molecular weight excluding hydrogens is 252 g/mol. The summed E-state index contributed by atoms with van der Waals surface area (Å²) in [5, 5.41) is 7.68. The maximum Gasteiger partial charge on any atom is 0.276 e. The van der Waals surface area contributed by atoms with Gasteiger partial charge in [-0.3, -0.25) is 4.79 Å². The third-order valence-electron chi connectivity index (χ3n) is 4.41. The monoisotopic (exact) mass is 274 g/mol. The highest BCUT2D eigenvalue weighted by atomic mass is 16.1. The molecule has 0 amide bonds. The molecule has 3 rings (SSSR count). The fraction of sp³-hybridized carbons (Fsp3) is 0.600. The Balaban J connectivity index is 1.62. The summed E-state index contributed by atoms with van der Waals surface area (Å²) in [7, 11) is 0. The topological polar surface area (TPSA) is 51.3 Å². The van der Waals surface area contributed by atoms with Gasteiger partial charge >= 0.3 is 0 Å². The SMILES string of the molecule is CC1CCCCC1NCCn1ccn2nccc2c1=O. The summed E-state index contributed by atoms with van der Waals surface area (Å²) in [5.41, 5.74) is 0.669. The second-order valence-corrected chi connectivity index (χ2v) is 5.78. The van der Waals surface area contributed by atoms with Crippen molar-refractivity contribution in [1.29, 1.82) is 0 Å². The summed E-state index contributed by atoms with van der Waals surface area (Å²) in [6, 6.07) is 2.37. The molecule has 0 spiro atoms. The molecule has 0 aliphatic heterocycles. The van der Waals surface area contributed by atoms with Crippen LogP contribution in [-0.2, 0) is 6.54 Å². The number of nitrogens with one attached hydrogen (secondary N) is 1. The lowest BCUT2D eigenvalue weighted by atomic mass is 9.86. The summed E-state index contributed by atoms with van der Waals surface area (Å²) in [6.07, 6.45) is 10.6. The third-order valence-corrected chi connectivity index (χ3v) is 4.41. The van der Waals surface area contributed by atoms with Crippen LogP contribution in [-0.4, -0.2) is 26.8 Å². The van der Waals surface area contributed by atoms with Gasteiger partial charge in [0.25, 0.3) is 5.56 Å². The molecule has 5 nitrogen and oxygen atoms in total. The first-order valence-corrected chi connectivity index (χ1v) is 7.52. The Hall–Kier alpha value is -1.62. The molecule has 108 valence electrons. The van der Waals surface area contributed by atoms with E-state index in [1.54, 1.807) is 21.3 Å². The molecule has 1 aliphatic carbocycles. The fourth-order valence-electron chi connectivity index (χ4n) is 3.13. The van der Waals surface area contributed by atoms with E-state index in [0.717, 1.165) is 12.5 Å². The zero-order valence-electron chi connectivity index (χ0n) is 12.0. The van der Waals surface area contributed by atoms with Gasteiger partial charge in [0.05, 0.1) is 6.20 Å². The van der Waals surface area contributed by atoms with Crippen molar-refractivity contribution in [3.63, 3.8) is 0 Å². The normalized spacial score (nSPS) is 23.2. The lowest BCUT2D eigenvalue weighted by molar-refractivity contribution is 0.278. The Morgan fingerprint density at radius 3 is 3.05 bits per heavy atom. The molecule has 0 bridgehead atoms. The summed E-state index contributed by atoms with van der Waals surface area (Å²) >= 11 is 0.